The van der Waals surface area contributed by atoms with Gasteiger partial charge in [0.05, 0.1) is 13.3 Å². The average molecular weight is 628 g/mol. The number of pyridine rings is 1. The van der Waals surface area contributed by atoms with Gasteiger partial charge in [0.2, 0.25) is 11.8 Å². The molecule has 2 N–H and O–H groups in total. The number of aromatic nitrogens is 3. The zero-order chi connectivity index (χ0) is 32.5. The summed E-state index contributed by atoms with van der Waals surface area (Å²) in [5, 5.41) is 16.6. The van der Waals surface area contributed by atoms with Gasteiger partial charge in [0.25, 0.3) is 0 Å². The molecule has 9 nitrogen and oxygen atoms in total. The first kappa shape index (κ1) is 32.2. The van der Waals surface area contributed by atoms with Crippen molar-refractivity contribution in [3.8, 4) is 16.9 Å². The average Bonchev–Trinajstić information content (AvgIpc) is 3.59. The number of fused-ring (bicyclic) bond motifs is 3. The molecular weight excluding hydrogens is 578 g/mol. The molecule has 2 amide bonds. The number of nitrogens with zero attached hydrogens (tertiary/aromatic N) is 4. The van der Waals surface area contributed by atoms with Crippen molar-refractivity contribution >= 4 is 17.6 Å². The molecule has 1 aromatic carbocycles. The molecule has 4 fully saturated rings. The highest BCUT2D eigenvalue weighted by atomic mass is 16.5. The molecule has 4 aliphatic rings. The van der Waals surface area contributed by atoms with Crippen LogP contribution in [0.25, 0.3) is 11.1 Å². The minimum atomic E-state index is -0.508. The van der Waals surface area contributed by atoms with E-state index in [0.717, 1.165) is 68.2 Å². The largest absolute Gasteiger partial charge is 0.496 e. The molecule has 4 aliphatic carbocycles. The second-order valence-electron chi connectivity index (χ2n) is 14.4. The molecule has 0 unspecified atom stereocenters. The number of hydrogen-bond acceptors (Lipinski definition) is 6. The number of carbonyl (C=O) groups is 2. The van der Waals surface area contributed by atoms with E-state index in [1.807, 2.05) is 28.0 Å². The highest BCUT2D eigenvalue weighted by Crippen LogP contribution is 2.58. The van der Waals surface area contributed by atoms with Crippen molar-refractivity contribution in [2.75, 3.05) is 25.2 Å². The van der Waals surface area contributed by atoms with E-state index in [2.05, 4.69) is 61.6 Å². The van der Waals surface area contributed by atoms with Crippen LogP contribution in [0.15, 0.2) is 48.9 Å². The zero-order valence-corrected chi connectivity index (χ0v) is 27.8. The van der Waals surface area contributed by atoms with Crippen LogP contribution in [0.3, 0.4) is 0 Å². The van der Waals surface area contributed by atoms with Crippen LogP contribution in [0.2, 0.25) is 0 Å². The molecule has 0 saturated heterocycles. The molecule has 7 rings (SSSR count). The van der Waals surface area contributed by atoms with Gasteiger partial charge in [-0.15, -0.1) is 0 Å². The fraction of sp³-hybridized carbons (Fsp3) is 0.568. The van der Waals surface area contributed by atoms with Crippen LogP contribution in [0, 0.1) is 18.3 Å². The molecule has 2 heterocycles. The summed E-state index contributed by atoms with van der Waals surface area (Å²) in [5.41, 5.74) is 4.88. The molecule has 2 aromatic heterocycles. The second kappa shape index (κ2) is 13.2. The van der Waals surface area contributed by atoms with E-state index in [1.165, 1.54) is 11.1 Å². The number of amides is 2. The third-order valence-electron chi connectivity index (χ3n) is 11.2. The summed E-state index contributed by atoms with van der Waals surface area (Å²) in [4.78, 5) is 33.1. The standard InChI is InChI=1S/C37H49N5O4/c1-25(2)42-22-29(21-39-42)28-11-18-38-33(20-28)41(35(45)27-5-8-31(9-6-27)40-34(44)23-43)24-36-12-15-37(16-13-36,17-14-36)30-7-10-32(46-4)26(3)19-30/h7,10-11,18-22,25,27,31,43H,5-6,8-9,12-17,23-24H2,1-4H3,(H,40,44). The van der Waals surface area contributed by atoms with Crippen LogP contribution >= 0.6 is 0 Å². The Labute approximate surface area is 272 Å². The number of benzene rings is 1. The minimum absolute atomic E-state index is 0.00101. The van der Waals surface area contributed by atoms with Crippen LogP contribution in [-0.4, -0.2) is 58.0 Å². The molecule has 3 aromatic rings. The highest BCUT2D eigenvalue weighted by molar-refractivity contribution is 5.95. The lowest BCUT2D eigenvalue weighted by molar-refractivity contribution is -0.125. The Bertz CT molecular complexity index is 1530. The number of rotatable bonds is 10. The number of methoxy groups -OCH3 is 1. The number of anilines is 1. The van der Waals surface area contributed by atoms with Gasteiger partial charge < -0.3 is 15.2 Å². The van der Waals surface area contributed by atoms with Crippen molar-refractivity contribution in [2.24, 2.45) is 11.3 Å². The first-order chi connectivity index (χ1) is 22.1. The maximum Gasteiger partial charge on any atom is 0.245 e. The van der Waals surface area contributed by atoms with Crippen LogP contribution in [0.4, 0.5) is 5.82 Å². The van der Waals surface area contributed by atoms with Crippen molar-refractivity contribution in [3.05, 3.63) is 60.0 Å². The molecule has 9 heteroatoms. The van der Waals surface area contributed by atoms with Gasteiger partial charge in [0.1, 0.15) is 18.2 Å². The summed E-state index contributed by atoms with van der Waals surface area (Å²) in [6, 6.07) is 11.0. The third kappa shape index (κ3) is 6.43. The topological polar surface area (TPSA) is 110 Å². The van der Waals surface area contributed by atoms with E-state index in [9.17, 15) is 9.59 Å². The molecule has 246 valence electrons. The van der Waals surface area contributed by atoms with Gasteiger partial charge in [-0.3, -0.25) is 19.2 Å². The van der Waals surface area contributed by atoms with E-state index in [1.54, 1.807) is 7.11 Å². The Morgan fingerprint density at radius 1 is 1.04 bits per heavy atom. The van der Waals surface area contributed by atoms with Gasteiger partial charge in [-0.25, -0.2) is 4.98 Å². The smallest absolute Gasteiger partial charge is 0.245 e. The molecule has 0 radical (unpaired) electrons. The molecular formula is C37H49N5O4. The summed E-state index contributed by atoms with van der Waals surface area (Å²) in [6.07, 6.45) is 15.3. The monoisotopic (exact) mass is 627 g/mol. The Balaban J connectivity index is 1.24. The minimum Gasteiger partial charge on any atom is -0.496 e. The first-order valence-corrected chi connectivity index (χ1v) is 17.0. The summed E-state index contributed by atoms with van der Waals surface area (Å²) in [5.74, 6) is 1.30. The lowest BCUT2D eigenvalue weighted by Crippen LogP contribution is -2.52. The van der Waals surface area contributed by atoms with E-state index in [4.69, 9.17) is 14.8 Å². The van der Waals surface area contributed by atoms with Gasteiger partial charge in [0, 0.05) is 42.5 Å². The lowest BCUT2D eigenvalue weighted by Gasteiger charge is -2.55. The van der Waals surface area contributed by atoms with Crippen LogP contribution in [0.5, 0.6) is 5.75 Å². The Hall–Kier alpha value is -3.72. The van der Waals surface area contributed by atoms with Gasteiger partial charge >= 0.3 is 0 Å². The first-order valence-electron chi connectivity index (χ1n) is 17.0. The fourth-order valence-electron chi connectivity index (χ4n) is 8.24. The summed E-state index contributed by atoms with van der Waals surface area (Å²) in [7, 11) is 1.73. The van der Waals surface area contributed by atoms with Gasteiger partial charge in [0.15, 0.2) is 0 Å². The third-order valence-corrected chi connectivity index (χ3v) is 11.2. The number of nitrogens with one attached hydrogen (secondary N) is 1. The van der Waals surface area contributed by atoms with Crippen LogP contribution in [0.1, 0.15) is 95.2 Å². The molecule has 0 aliphatic heterocycles. The Morgan fingerprint density at radius 3 is 2.37 bits per heavy atom. The highest BCUT2D eigenvalue weighted by Gasteiger charge is 2.51. The summed E-state index contributed by atoms with van der Waals surface area (Å²) >= 11 is 0. The summed E-state index contributed by atoms with van der Waals surface area (Å²) < 4.78 is 7.49. The molecule has 2 bridgehead atoms. The van der Waals surface area contributed by atoms with E-state index in [0.29, 0.717) is 25.2 Å². The van der Waals surface area contributed by atoms with Gasteiger partial charge in [-0.2, -0.15) is 5.10 Å². The van der Waals surface area contributed by atoms with E-state index < -0.39 is 6.61 Å². The van der Waals surface area contributed by atoms with E-state index in [-0.39, 0.29) is 40.6 Å². The molecule has 46 heavy (non-hydrogen) atoms. The number of hydrogen-bond donors (Lipinski definition) is 2. The summed E-state index contributed by atoms with van der Waals surface area (Å²) in [6.45, 7) is 6.51. The van der Waals surface area contributed by atoms with Crippen molar-refractivity contribution in [1.82, 2.24) is 20.1 Å². The zero-order valence-electron chi connectivity index (χ0n) is 27.8. The van der Waals surface area contributed by atoms with Gasteiger partial charge in [-0.05, 0) is 131 Å². The normalized spacial score (nSPS) is 25.8. The fourth-order valence-corrected chi connectivity index (χ4v) is 8.24. The maximum atomic E-state index is 14.5. The number of carbonyl (C=O) groups excluding carboxylic acids is 2. The Kier molecular flexibility index (Phi) is 9.24. The van der Waals surface area contributed by atoms with E-state index >= 15 is 0 Å². The quantitative estimate of drug-likeness (QED) is 0.280. The van der Waals surface area contributed by atoms with Gasteiger partial charge in [-0.1, -0.05) is 12.1 Å². The second-order valence-corrected chi connectivity index (χ2v) is 14.4. The predicted octanol–water partition coefficient (Wildman–Crippen LogP) is 6.14. The van der Waals surface area contributed by atoms with Crippen LogP contribution in [-0.2, 0) is 15.0 Å². The number of aryl methyl sites for hydroxylation is 1. The molecule has 0 spiro atoms. The number of aliphatic hydroxyl groups is 1. The van der Waals surface area contributed by atoms with Crippen molar-refractivity contribution in [2.45, 2.75) is 102 Å². The number of aliphatic hydroxyl groups excluding tert-OH is 1. The number of ether oxygens (including phenoxy) is 1. The Morgan fingerprint density at radius 2 is 1.76 bits per heavy atom. The van der Waals surface area contributed by atoms with Crippen molar-refractivity contribution in [1.29, 1.82) is 0 Å². The predicted molar refractivity (Wildman–Crippen MR) is 179 cm³/mol. The SMILES string of the molecule is COc1ccc(C23CCC(CN(C(=O)C4CCC(NC(=O)CO)CC4)c4cc(-c5cnn(C(C)C)c5)ccn4)(CC2)CC3)cc1C. The van der Waals surface area contributed by atoms with Crippen LogP contribution < -0.4 is 15.0 Å². The molecule has 0 atom stereocenters. The van der Waals surface area contributed by atoms with Crippen molar-refractivity contribution in [3.63, 3.8) is 0 Å². The molecule has 4 saturated carbocycles. The maximum absolute atomic E-state index is 14.5. The van der Waals surface area contributed by atoms with Crippen molar-refractivity contribution < 1.29 is 19.4 Å². The lowest BCUT2D eigenvalue weighted by atomic mass is 9.51.